The maximum atomic E-state index is 12.9. The maximum absolute atomic E-state index is 12.9. The smallest absolute Gasteiger partial charge is 0.303 e. The molecule has 0 amide bonds. The SMILES string of the molecule is CC(=O)O[C@@H]1[C@H](O)[C@@H](OC(C)=O)[C@@H](O[C@H]2O[C@H](COC(c3ccccc3)(c3ccccc3)c3ccccc3)[C@@H](O)[C@H](OC(C)=O)[C@H]2OC(C)=O)O[C@@H]1COC(c1ccccc1)(c1ccccc1)c1ccccc1. The van der Waals surface area contributed by atoms with Crippen LogP contribution in [0.3, 0.4) is 0 Å². The zero-order chi connectivity index (χ0) is 51.5. The Kier molecular flexibility index (Phi) is 16.9. The van der Waals surface area contributed by atoms with Gasteiger partial charge in [0.15, 0.2) is 24.4 Å². The van der Waals surface area contributed by atoms with Crippen molar-refractivity contribution in [3.63, 3.8) is 0 Å². The molecule has 15 nitrogen and oxygen atoms in total. The topological polar surface area (TPSA) is 192 Å². The van der Waals surface area contributed by atoms with Crippen LogP contribution >= 0.6 is 0 Å². The number of hydrogen-bond acceptors (Lipinski definition) is 15. The Labute approximate surface area is 423 Å². The molecule has 8 rings (SSSR count). The van der Waals surface area contributed by atoms with Crippen molar-refractivity contribution in [1.29, 1.82) is 0 Å². The highest BCUT2D eigenvalue weighted by atomic mass is 16.8. The third-order valence-electron chi connectivity index (χ3n) is 12.7. The molecular formula is C58H58O15. The lowest BCUT2D eigenvalue weighted by Crippen LogP contribution is -2.66. The van der Waals surface area contributed by atoms with E-state index in [-0.39, 0.29) is 6.61 Å². The van der Waals surface area contributed by atoms with Gasteiger partial charge < -0.3 is 52.8 Å². The standard InChI is InChI=1S/C58H58O15/c1-37(59)67-51-48(36-66-58(44-29-17-8-18-30-44,45-31-19-9-20-32-45)46-33-21-10-22-34-46)72-55(53(50(51)64)69-39(3)61)73-56-54(70-40(4)62)52(68-38(2)60)49(63)47(71-56)35-65-57(41-23-11-5-12-24-41,42-25-13-6-14-26-42)43-27-15-7-16-28-43/h5-34,47-56,63-64H,35-36H2,1-4H3/t47-,48-,49-,50+,51+,52+,53-,54-,55-,56-/m1/s1. The molecule has 6 aromatic carbocycles. The van der Waals surface area contributed by atoms with Crippen LogP contribution in [0.15, 0.2) is 182 Å². The zero-order valence-electron chi connectivity index (χ0n) is 40.7. The summed E-state index contributed by atoms with van der Waals surface area (Å²) in [7, 11) is 0. The molecule has 2 fully saturated rings. The van der Waals surface area contributed by atoms with Gasteiger partial charge in [0.25, 0.3) is 0 Å². The average molecular weight is 995 g/mol. The first-order valence-electron chi connectivity index (χ1n) is 23.9. The van der Waals surface area contributed by atoms with Gasteiger partial charge in [-0.15, -0.1) is 0 Å². The van der Waals surface area contributed by atoms with Gasteiger partial charge in [-0.2, -0.15) is 0 Å². The number of rotatable bonds is 18. The summed E-state index contributed by atoms with van der Waals surface area (Å²) in [4.78, 5) is 51.4. The van der Waals surface area contributed by atoms with E-state index in [9.17, 15) is 29.4 Å². The van der Waals surface area contributed by atoms with Crippen molar-refractivity contribution in [2.45, 2.75) is 100 Å². The molecule has 2 heterocycles. The summed E-state index contributed by atoms with van der Waals surface area (Å²) in [6, 6.07) is 56.8. The first-order valence-corrected chi connectivity index (χ1v) is 23.9. The lowest BCUT2D eigenvalue weighted by atomic mass is 9.80. The molecule has 73 heavy (non-hydrogen) atoms. The number of aliphatic hydroxyl groups is 2. The average Bonchev–Trinajstić information content (AvgIpc) is 3.40. The quantitative estimate of drug-likeness (QED) is 0.0512. The molecule has 0 radical (unpaired) electrons. The van der Waals surface area contributed by atoms with E-state index < -0.39 is 103 Å². The van der Waals surface area contributed by atoms with Crippen molar-refractivity contribution in [3.05, 3.63) is 215 Å². The van der Waals surface area contributed by atoms with Crippen LogP contribution in [0.25, 0.3) is 0 Å². The highest BCUT2D eigenvalue weighted by molar-refractivity contribution is 5.68. The third kappa shape index (κ3) is 11.6. The van der Waals surface area contributed by atoms with Crippen molar-refractivity contribution in [2.24, 2.45) is 0 Å². The van der Waals surface area contributed by atoms with E-state index in [4.69, 9.17) is 42.6 Å². The molecule has 10 atom stereocenters. The van der Waals surface area contributed by atoms with Crippen molar-refractivity contribution in [3.8, 4) is 0 Å². The number of hydrogen-bond donors (Lipinski definition) is 2. The van der Waals surface area contributed by atoms with E-state index in [1.165, 1.54) is 0 Å². The number of aliphatic hydroxyl groups excluding tert-OH is 2. The molecule has 0 saturated carbocycles. The largest absolute Gasteiger partial charge is 0.457 e. The van der Waals surface area contributed by atoms with Gasteiger partial charge in [-0.3, -0.25) is 19.2 Å². The Balaban J connectivity index is 1.19. The van der Waals surface area contributed by atoms with Crippen molar-refractivity contribution >= 4 is 23.9 Å². The lowest BCUT2D eigenvalue weighted by molar-refractivity contribution is -0.379. The first kappa shape index (κ1) is 52.2. The minimum atomic E-state index is -1.83. The molecule has 0 aromatic heterocycles. The summed E-state index contributed by atoms with van der Waals surface area (Å²) in [5.41, 5.74) is 1.79. The summed E-state index contributed by atoms with van der Waals surface area (Å²) < 4.78 is 56.7. The van der Waals surface area contributed by atoms with E-state index in [2.05, 4.69) is 0 Å². The van der Waals surface area contributed by atoms with Gasteiger partial charge in [0.05, 0.1) is 13.2 Å². The zero-order valence-corrected chi connectivity index (χ0v) is 40.7. The molecule has 2 saturated heterocycles. The molecule has 380 valence electrons. The number of esters is 4. The second-order valence-electron chi connectivity index (χ2n) is 17.7. The molecule has 6 aromatic rings. The molecule has 2 aliphatic heterocycles. The summed E-state index contributed by atoms with van der Waals surface area (Å²) >= 11 is 0. The van der Waals surface area contributed by atoms with Gasteiger partial charge in [-0.1, -0.05) is 182 Å². The van der Waals surface area contributed by atoms with Crippen LogP contribution in [0.2, 0.25) is 0 Å². The van der Waals surface area contributed by atoms with E-state index in [0.717, 1.165) is 61.1 Å². The van der Waals surface area contributed by atoms with Gasteiger partial charge >= 0.3 is 23.9 Å². The number of carbonyl (C=O) groups excluding carboxylic acids is 4. The van der Waals surface area contributed by atoms with Gasteiger partial charge in [-0.05, 0) is 33.4 Å². The highest BCUT2D eigenvalue weighted by Gasteiger charge is 2.56. The van der Waals surface area contributed by atoms with Crippen LogP contribution in [-0.4, -0.2) is 109 Å². The van der Waals surface area contributed by atoms with E-state index in [0.29, 0.717) is 0 Å². The predicted octanol–water partition coefficient (Wildman–Crippen LogP) is 6.92. The first-order chi connectivity index (χ1) is 35.3. The molecule has 0 aliphatic carbocycles. The van der Waals surface area contributed by atoms with E-state index in [1.807, 2.05) is 182 Å². The van der Waals surface area contributed by atoms with Crippen molar-refractivity contribution in [2.75, 3.05) is 13.2 Å². The van der Waals surface area contributed by atoms with Crippen LogP contribution < -0.4 is 0 Å². The molecule has 0 spiro atoms. The van der Waals surface area contributed by atoms with Crippen molar-refractivity contribution in [1.82, 2.24) is 0 Å². The normalized spacial score (nSPS) is 24.1. The van der Waals surface area contributed by atoms with Gasteiger partial charge in [0, 0.05) is 27.7 Å². The fourth-order valence-electron chi connectivity index (χ4n) is 9.66. The van der Waals surface area contributed by atoms with E-state index in [1.54, 1.807) is 0 Å². The summed E-state index contributed by atoms with van der Waals surface area (Å²) in [5.74, 6) is -3.36. The Morgan fingerprint density at radius 2 is 0.658 bits per heavy atom. The Morgan fingerprint density at radius 3 is 1.00 bits per heavy atom. The predicted molar refractivity (Wildman–Crippen MR) is 263 cm³/mol. The number of carbonyl (C=O) groups is 4. The molecule has 15 heteroatoms. The van der Waals surface area contributed by atoms with Gasteiger partial charge in [0.2, 0.25) is 12.6 Å². The Morgan fingerprint density at radius 1 is 0.384 bits per heavy atom. The monoisotopic (exact) mass is 994 g/mol. The fraction of sp³-hybridized carbons (Fsp3) is 0.310. The fourth-order valence-corrected chi connectivity index (χ4v) is 9.66. The third-order valence-corrected chi connectivity index (χ3v) is 12.7. The number of benzene rings is 6. The molecular weight excluding hydrogens is 937 g/mol. The summed E-state index contributed by atoms with van der Waals surface area (Å²) in [6.07, 6.45) is -16.4. The van der Waals surface area contributed by atoms with E-state index >= 15 is 0 Å². The summed E-state index contributed by atoms with van der Waals surface area (Å²) in [6.45, 7) is 3.71. The second-order valence-corrected chi connectivity index (χ2v) is 17.7. The van der Waals surface area contributed by atoms with Crippen LogP contribution in [0.5, 0.6) is 0 Å². The van der Waals surface area contributed by atoms with Crippen LogP contribution in [0, 0.1) is 0 Å². The molecule has 2 N–H and O–H groups in total. The molecule has 0 bridgehead atoms. The molecule has 0 unspecified atom stereocenters. The summed E-state index contributed by atoms with van der Waals surface area (Å²) in [5, 5.41) is 24.4. The second kappa shape index (κ2) is 23.6. The van der Waals surface area contributed by atoms with Crippen LogP contribution in [0.4, 0.5) is 0 Å². The molecule has 2 aliphatic rings. The Hall–Kier alpha value is -7.08. The van der Waals surface area contributed by atoms with Gasteiger partial charge in [-0.25, -0.2) is 0 Å². The van der Waals surface area contributed by atoms with Crippen LogP contribution in [0.1, 0.15) is 61.1 Å². The number of ether oxygens (including phenoxy) is 9. The minimum Gasteiger partial charge on any atom is -0.457 e. The van der Waals surface area contributed by atoms with Crippen molar-refractivity contribution < 1.29 is 72.0 Å². The van der Waals surface area contributed by atoms with Gasteiger partial charge in [0.1, 0.15) is 35.6 Å². The van der Waals surface area contributed by atoms with Crippen LogP contribution in [-0.2, 0) is 73.0 Å². The maximum Gasteiger partial charge on any atom is 0.303 e. The minimum absolute atomic E-state index is 0.384. The highest BCUT2D eigenvalue weighted by Crippen LogP contribution is 2.44. The Bertz CT molecular complexity index is 2540. The lowest BCUT2D eigenvalue weighted by Gasteiger charge is -2.48.